The molecule has 0 aliphatic heterocycles. The minimum atomic E-state index is 1.03. The maximum atomic E-state index is 3.43. The van der Waals surface area contributed by atoms with E-state index in [0.717, 1.165) is 12.3 Å². The van der Waals surface area contributed by atoms with Gasteiger partial charge in [-0.1, -0.05) is 35.9 Å². The minimum absolute atomic E-state index is 1.03. The summed E-state index contributed by atoms with van der Waals surface area (Å²) in [6.07, 6.45) is 1.17. The van der Waals surface area contributed by atoms with Gasteiger partial charge in [-0.15, -0.1) is 11.8 Å². The molecule has 0 aliphatic carbocycles. The van der Waals surface area contributed by atoms with E-state index >= 15 is 0 Å². The molecular weight excluding hydrogens is 238 g/mol. The molecule has 0 aromatic heterocycles. The zero-order valence-electron chi connectivity index (χ0n) is 10.7. The molecule has 0 saturated carbocycles. The zero-order valence-corrected chi connectivity index (χ0v) is 11.5. The van der Waals surface area contributed by atoms with Gasteiger partial charge in [-0.3, -0.25) is 0 Å². The van der Waals surface area contributed by atoms with Gasteiger partial charge in [-0.2, -0.15) is 0 Å². The summed E-state index contributed by atoms with van der Waals surface area (Å²) in [7, 11) is 0. The third kappa shape index (κ3) is 4.46. The quantitative estimate of drug-likeness (QED) is 0.600. The molecule has 2 rings (SSSR count). The second-order valence-corrected chi connectivity index (χ2v) is 5.48. The van der Waals surface area contributed by atoms with Gasteiger partial charge in [0, 0.05) is 17.1 Å². The maximum absolute atomic E-state index is 3.43. The van der Waals surface area contributed by atoms with Crippen LogP contribution in [0.25, 0.3) is 0 Å². The van der Waals surface area contributed by atoms with Crippen LogP contribution >= 0.6 is 11.8 Å². The lowest BCUT2D eigenvalue weighted by Crippen LogP contribution is -2.02. The lowest BCUT2D eigenvalue weighted by molar-refractivity contribution is 0.991. The molecule has 0 aliphatic rings. The molecule has 0 amide bonds. The third-order valence-electron chi connectivity index (χ3n) is 2.71. The van der Waals surface area contributed by atoms with Gasteiger partial charge in [0.1, 0.15) is 0 Å². The number of aryl methyl sites for hydroxylation is 1. The average molecular weight is 257 g/mol. The lowest BCUT2D eigenvalue weighted by Gasteiger charge is -2.06. The summed E-state index contributed by atoms with van der Waals surface area (Å²) in [6.45, 7) is 3.15. The van der Waals surface area contributed by atoms with Gasteiger partial charge in [0.05, 0.1) is 0 Å². The first-order valence-corrected chi connectivity index (χ1v) is 7.31. The largest absolute Gasteiger partial charge is 0.385 e. The second kappa shape index (κ2) is 7.12. The van der Waals surface area contributed by atoms with Crippen LogP contribution < -0.4 is 5.32 Å². The first kappa shape index (κ1) is 13.0. The molecule has 0 radical (unpaired) electrons. The Kier molecular flexibility index (Phi) is 5.15. The predicted molar refractivity (Wildman–Crippen MR) is 81.5 cm³/mol. The predicted octanol–water partition coefficient (Wildman–Crippen LogP) is 4.59. The van der Waals surface area contributed by atoms with Gasteiger partial charge in [-0.25, -0.2) is 0 Å². The summed E-state index contributed by atoms with van der Waals surface area (Å²) in [4.78, 5) is 1.36. The Hall–Kier alpha value is -1.41. The average Bonchev–Trinajstić information content (AvgIpc) is 2.42. The van der Waals surface area contributed by atoms with Gasteiger partial charge in [0.25, 0.3) is 0 Å². The highest BCUT2D eigenvalue weighted by Crippen LogP contribution is 2.19. The van der Waals surface area contributed by atoms with Gasteiger partial charge >= 0.3 is 0 Å². The van der Waals surface area contributed by atoms with Crippen LogP contribution in [0, 0.1) is 6.92 Å². The Labute approximate surface area is 114 Å². The molecule has 0 saturated heterocycles. The van der Waals surface area contributed by atoms with Crippen molar-refractivity contribution in [3.63, 3.8) is 0 Å². The SMILES string of the molecule is Cc1ccc(SCCCNc2ccccc2)cc1. The normalized spacial score (nSPS) is 10.3. The van der Waals surface area contributed by atoms with Crippen LogP contribution in [0.5, 0.6) is 0 Å². The monoisotopic (exact) mass is 257 g/mol. The van der Waals surface area contributed by atoms with E-state index in [4.69, 9.17) is 0 Å². The van der Waals surface area contributed by atoms with E-state index in [-0.39, 0.29) is 0 Å². The highest BCUT2D eigenvalue weighted by Gasteiger charge is 1.94. The van der Waals surface area contributed by atoms with Crippen molar-refractivity contribution in [2.24, 2.45) is 0 Å². The zero-order chi connectivity index (χ0) is 12.6. The fourth-order valence-corrected chi connectivity index (χ4v) is 2.54. The number of rotatable bonds is 6. The summed E-state index contributed by atoms with van der Waals surface area (Å²) >= 11 is 1.92. The smallest absolute Gasteiger partial charge is 0.0340 e. The van der Waals surface area contributed by atoms with Gasteiger partial charge in [0.2, 0.25) is 0 Å². The molecule has 0 heterocycles. The van der Waals surface area contributed by atoms with Crippen molar-refractivity contribution in [2.45, 2.75) is 18.2 Å². The van der Waals surface area contributed by atoms with Gasteiger partial charge < -0.3 is 5.32 Å². The van der Waals surface area contributed by atoms with E-state index in [9.17, 15) is 0 Å². The Balaban J connectivity index is 1.63. The number of para-hydroxylation sites is 1. The fraction of sp³-hybridized carbons (Fsp3) is 0.250. The molecule has 2 aromatic carbocycles. The Morgan fingerprint density at radius 1 is 0.944 bits per heavy atom. The van der Waals surface area contributed by atoms with E-state index in [2.05, 4.69) is 60.8 Å². The van der Waals surface area contributed by atoms with Crippen molar-refractivity contribution in [2.75, 3.05) is 17.6 Å². The summed E-state index contributed by atoms with van der Waals surface area (Å²) in [5.41, 5.74) is 2.53. The molecule has 0 bridgehead atoms. The molecule has 0 atom stereocenters. The lowest BCUT2D eigenvalue weighted by atomic mass is 10.2. The number of benzene rings is 2. The van der Waals surface area contributed by atoms with Crippen molar-refractivity contribution in [1.29, 1.82) is 0 Å². The van der Waals surface area contributed by atoms with Crippen LogP contribution in [0.4, 0.5) is 5.69 Å². The van der Waals surface area contributed by atoms with Crippen LogP contribution in [0.15, 0.2) is 59.5 Å². The van der Waals surface area contributed by atoms with Crippen LogP contribution in [-0.2, 0) is 0 Å². The van der Waals surface area contributed by atoms with Crippen molar-refractivity contribution < 1.29 is 0 Å². The number of anilines is 1. The van der Waals surface area contributed by atoms with Crippen LogP contribution in [0.2, 0.25) is 0 Å². The van der Waals surface area contributed by atoms with Crippen molar-refractivity contribution >= 4 is 17.4 Å². The van der Waals surface area contributed by atoms with Crippen molar-refractivity contribution in [3.8, 4) is 0 Å². The first-order chi connectivity index (χ1) is 8.84. The molecule has 0 unspecified atom stereocenters. The van der Waals surface area contributed by atoms with Gasteiger partial charge in [0.15, 0.2) is 0 Å². The number of thioether (sulfide) groups is 1. The second-order valence-electron chi connectivity index (χ2n) is 4.31. The van der Waals surface area contributed by atoms with Crippen LogP contribution in [0.3, 0.4) is 0 Å². The Morgan fingerprint density at radius 2 is 1.67 bits per heavy atom. The van der Waals surface area contributed by atoms with E-state index in [0.29, 0.717) is 0 Å². The summed E-state index contributed by atoms with van der Waals surface area (Å²) in [5, 5.41) is 3.43. The Bertz CT molecular complexity index is 450. The van der Waals surface area contributed by atoms with Crippen LogP contribution in [0.1, 0.15) is 12.0 Å². The van der Waals surface area contributed by atoms with Crippen molar-refractivity contribution in [3.05, 3.63) is 60.2 Å². The number of hydrogen-bond donors (Lipinski definition) is 1. The van der Waals surface area contributed by atoms with Crippen molar-refractivity contribution in [1.82, 2.24) is 0 Å². The van der Waals surface area contributed by atoms with Crippen LogP contribution in [-0.4, -0.2) is 12.3 Å². The first-order valence-electron chi connectivity index (χ1n) is 6.33. The highest BCUT2D eigenvalue weighted by atomic mass is 32.2. The van der Waals surface area contributed by atoms with Gasteiger partial charge in [-0.05, 0) is 43.4 Å². The molecule has 94 valence electrons. The summed E-state index contributed by atoms with van der Waals surface area (Å²) in [6, 6.07) is 19.1. The molecule has 18 heavy (non-hydrogen) atoms. The third-order valence-corrected chi connectivity index (χ3v) is 3.81. The minimum Gasteiger partial charge on any atom is -0.385 e. The molecule has 0 fully saturated rings. The molecular formula is C16H19NS. The highest BCUT2D eigenvalue weighted by molar-refractivity contribution is 7.99. The summed E-state index contributed by atoms with van der Waals surface area (Å²) < 4.78 is 0. The fourth-order valence-electron chi connectivity index (χ4n) is 1.69. The van der Waals surface area contributed by atoms with E-state index < -0.39 is 0 Å². The van der Waals surface area contributed by atoms with E-state index in [1.165, 1.54) is 22.6 Å². The Morgan fingerprint density at radius 3 is 2.39 bits per heavy atom. The molecule has 2 heteroatoms. The molecule has 1 N–H and O–H groups in total. The van der Waals surface area contributed by atoms with E-state index in [1.807, 2.05) is 17.8 Å². The van der Waals surface area contributed by atoms with E-state index in [1.54, 1.807) is 0 Å². The molecule has 2 aromatic rings. The maximum Gasteiger partial charge on any atom is 0.0340 e. The topological polar surface area (TPSA) is 12.0 Å². The summed E-state index contributed by atoms with van der Waals surface area (Å²) in [5.74, 6) is 1.16. The number of hydrogen-bond acceptors (Lipinski definition) is 2. The standard InChI is InChI=1S/C16H19NS/c1-14-8-10-16(11-9-14)18-13-5-12-17-15-6-3-2-4-7-15/h2-4,6-11,17H,5,12-13H2,1H3. The number of nitrogens with one attached hydrogen (secondary N) is 1. The molecule has 1 nitrogen and oxygen atoms in total. The molecule has 0 spiro atoms.